The fourth-order valence-electron chi connectivity index (χ4n) is 3.01. The minimum Gasteiger partial charge on any atom is -0.465 e. The topological polar surface area (TPSA) is 86.5 Å². The van der Waals surface area contributed by atoms with E-state index in [4.69, 9.17) is 10.5 Å². The molecule has 0 aliphatic heterocycles. The number of carbonyl (C=O) groups excluding carboxylic acids is 1. The maximum absolute atomic E-state index is 13.0. The van der Waals surface area contributed by atoms with Crippen molar-refractivity contribution < 1.29 is 22.3 Å². The van der Waals surface area contributed by atoms with Gasteiger partial charge in [0.25, 0.3) is 0 Å². The molecule has 0 spiro atoms. The van der Waals surface area contributed by atoms with Gasteiger partial charge in [-0.3, -0.25) is 4.79 Å². The molecule has 0 aromatic heterocycles. The van der Waals surface area contributed by atoms with Crippen molar-refractivity contribution in [3.63, 3.8) is 0 Å². The first-order valence-corrected chi connectivity index (χ1v) is 8.56. The van der Waals surface area contributed by atoms with Crippen LogP contribution in [0.2, 0.25) is 0 Å². The summed E-state index contributed by atoms with van der Waals surface area (Å²) in [6, 6.07) is 5.43. The van der Waals surface area contributed by atoms with Gasteiger partial charge >= 0.3 is 5.97 Å². The van der Waals surface area contributed by atoms with E-state index < -0.39 is 38.2 Å². The number of esters is 1. The van der Waals surface area contributed by atoms with Crippen LogP contribution in [0.25, 0.3) is 0 Å². The number of sulfone groups is 1. The summed E-state index contributed by atoms with van der Waals surface area (Å²) in [5.74, 6) is -1.64. The molecule has 1 aromatic rings. The lowest BCUT2D eigenvalue weighted by Crippen LogP contribution is -2.33. The Bertz CT molecular complexity index is 643. The predicted octanol–water partition coefficient (Wildman–Crippen LogP) is 0.844. The average molecular weight is 315 g/mol. The van der Waals surface area contributed by atoms with E-state index in [0.29, 0.717) is 5.56 Å². The molecule has 0 radical (unpaired) electrons. The largest absolute Gasteiger partial charge is 0.465 e. The van der Waals surface area contributed by atoms with E-state index in [1.54, 1.807) is 6.92 Å². The minimum absolute atomic E-state index is 0.133. The van der Waals surface area contributed by atoms with Crippen molar-refractivity contribution >= 4 is 15.8 Å². The number of halogens is 1. The lowest BCUT2D eigenvalue weighted by Gasteiger charge is -2.14. The van der Waals surface area contributed by atoms with Gasteiger partial charge in [0.1, 0.15) is 11.2 Å². The third kappa shape index (κ3) is 2.55. The van der Waals surface area contributed by atoms with Crippen molar-refractivity contribution in [3.05, 3.63) is 35.6 Å². The van der Waals surface area contributed by atoms with E-state index in [1.165, 1.54) is 24.3 Å². The number of nitrogens with two attached hydrogens (primary N) is 1. The summed E-state index contributed by atoms with van der Waals surface area (Å²) in [4.78, 5) is 12.2. The van der Waals surface area contributed by atoms with Gasteiger partial charge in [0.2, 0.25) is 0 Å². The standard InChI is InChI=1S/C14H18FNO4S/c1-3-20-13(17)14(8-16)11(12(14)21(2,18)19)9-4-6-10(15)7-5-9/h4-7,11-12H,3,8,16H2,1-2H3/t11-,12+,14+/m1/s1. The van der Waals surface area contributed by atoms with Crippen LogP contribution in [0.4, 0.5) is 4.39 Å². The molecule has 1 saturated carbocycles. The van der Waals surface area contributed by atoms with Gasteiger partial charge in [-0.05, 0) is 24.6 Å². The second-order valence-electron chi connectivity index (χ2n) is 5.24. The van der Waals surface area contributed by atoms with Crippen molar-refractivity contribution in [2.75, 3.05) is 19.4 Å². The summed E-state index contributed by atoms with van der Waals surface area (Å²) in [7, 11) is -3.49. The number of carbonyl (C=O) groups is 1. The van der Waals surface area contributed by atoms with Gasteiger partial charge < -0.3 is 10.5 Å². The molecule has 116 valence electrons. The molecule has 7 heteroatoms. The number of ether oxygens (including phenoxy) is 1. The van der Waals surface area contributed by atoms with Crippen LogP contribution >= 0.6 is 0 Å². The Morgan fingerprint density at radius 2 is 1.95 bits per heavy atom. The lowest BCUT2D eigenvalue weighted by atomic mass is 9.99. The summed E-state index contributed by atoms with van der Waals surface area (Å²) in [5.41, 5.74) is 5.00. The molecule has 2 rings (SSSR count). The van der Waals surface area contributed by atoms with Crippen LogP contribution in [0.5, 0.6) is 0 Å². The van der Waals surface area contributed by atoms with Crippen molar-refractivity contribution in [1.29, 1.82) is 0 Å². The van der Waals surface area contributed by atoms with Gasteiger partial charge in [0.05, 0.1) is 11.9 Å². The minimum atomic E-state index is -3.49. The van der Waals surface area contributed by atoms with Crippen molar-refractivity contribution in [3.8, 4) is 0 Å². The van der Waals surface area contributed by atoms with Crippen LogP contribution in [0.15, 0.2) is 24.3 Å². The molecular weight excluding hydrogens is 297 g/mol. The smallest absolute Gasteiger partial charge is 0.315 e. The Morgan fingerprint density at radius 1 is 1.38 bits per heavy atom. The fourth-order valence-corrected chi connectivity index (χ4v) is 4.93. The van der Waals surface area contributed by atoms with Crippen molar-refractivity contribution in [2.24, 2.45) is 11.1 Å². The summed E-state index contributed by atoms with van der Waals surface area (Å²) in [5, 5.41) is -0.931. The van der Waals surface area contributed by atoms with Crippen LogP contribution in [0.1, 0.15) is 18.4 Å². The van der Waals surface area contributed by atoms with Crippen molar-refractivity contribution in [1.82, 2.24) is 0 Å². The molecule has 0 unspecified atom stereocenters. The van der Waals surface area contributed by atoms with Crippen LogP contribution in [0.3, 0.4) is 0 Å². The van der Waals surface area contributed by atoms with Crippen LogP contribution in [0, 0.1) is 11.2 Å². The molecule has 0 heterocycles. The number of hydrogen-bond acceptors (Lipinski definition) is 5. The van der Waals surface area contributed by atoms with E-state index in [1.807, 2.05) is 0 Å². The molecule has 21 heavy (non-hydrogen) atoms. The molecule has 0 amide bonds. The summed E-state index contributed by atoms with van der Waals surface area (Å²) in [6.07, 6.45) is 1.07. The Morgan fingerprint density at radius 3 is 2.38 bits per heavy atom. The molecule has 1 aromatic carbocycles. The van der Waals surface area contributed by atoms with E-state index in [-0.39, 0.29) is 13.2 Å². The van der Waals surface area contributed by atoms with Crippen LogP contribution in [-0.2, 0) is 19.4 Å². The van der Waals surface area contributed by atoms with Crippen molar-refractivity contribution in [2.45, 2.75) is 18.1 Å². The highest BCUT2D eigenvalue weighted by Gasteiger charge is 2.74. The maximum atomic E-state index is 13.0. The Hall–Kier alpha value is -1.47. The second kappa shape index (κ2) is 5.38. The lowest BCUT2D eigenvalue weighted by molar-refractivity contribution is -0.149. The zero-order valence-electron chi connectivity index (χ0n) is 11.9. The van der Waals surface area contributed by atoms with Crippen LogP contribution < -0.4 is 5.73 Å². The zero-order chi connectivity index (χ0) is 15.8. The van der Waals surface area contributed by atoms with Gasteiger partial charge in [-0.25, -0.2) is 12.8 Å². The van der Waals surface area contributed by atoms with Gasteiger partial charge in [0.15, 0.2) is 9.84 Å². The zero-order valence-corrected chi connectivity index (χ0v) is 12.7. The number of rotatable bonds is 5. The first-order chi connectivity index (χ1) is 9.79. The Balaban J connectivity index is 2.47. The monoisotopic (exact) mass is 315 g/mol. The fraction of sp³-hybridized carbons (Fsp3) is 0.500. The molecule has 3 atom stereocenters. The number of hydrogen-bond donors (Lipinski definition) is 1. The molecule has 1 aliphatic rings. The highest BCUT2D eigenvalue weighted by Crippen LogP contribution is 2.62. The predicted molar refractivity (Wildman–Crippen MR) is 75.9 cm³/mol. The first-order valence-electron chi connectivity index (χ1n) is 6.60. The highest BCUT2D eigenvalue weighted by molar-refractivity contribution is 7.91. The molecule has 1 fully saturated rings. The molecule has 0 saturated heterocycles. The van der Waals surface area contributed by atoms with Gasteiger partial charge in [-0.2, -0.15) is 0 Å². The second-order valence-corrected chi connectivity index (χ2v) is 7.41. The van der Waals surface area contributed by atoms with E-state index in [0.717, 1.165) is 6.26 Å². The SMILES string of the molecule is CCOC(=O)[C@@]1(CN)[C@H](c2ccc(F)cc2)[C@@H]1S(C)(=O)=O. The Labute approximate surface area is 123 Å². The molecule has 2 N–H and O–H groups in total. The van der Waals surface area contributed by atoms with E-state index >= 15 is 0 Å². The van der Waals surface area contributed by atoms with Gasteiger partial charge in [0, 0.05) is 18.7 Å². The van der Waals surface area contributed by atoms with Gasteiger partial charge in [-0.1, -0.05) is 12.1 Å². The molecule has 5 nitrogen and oxygen atoms in total. The molecule has 1 aliphatic carbocycles. The quantitative estimate of drug-likeness (QED) is 0.814. The maximum Gasteiger partial charge on any atom is 0.315 e. The first kappa shape index (κ1) is 15.9. The van der Waals surface area contributed by atoms with Gasteiger partial charge in [-0.15, -0.1) is 0 Å². The average Bonchev–Trinajstić information content (AvgIpc) is 3.10. The van der Waals surface area contributed by atoms with E-state index in [2.05, 4.69) is 0 Å². The summed E-state index contributed by atoms with van der Waals surface area (Å²) in [6.45, 7) is 1.66. The summed E-state index contributed by atoms with van der Waals surface area (Å²) >= 11 is 0. The number of benzene rings is 1. The third-order valence-corrected chi connectivity index (χ3v) is 5.56. The normalized spacial score (nSPS) is 28.2. The van der Waals surface area contributed by atoms with Crippen LogP contribution in [-0.4, -0.2) is 39.0 Å². The van der Waals surface area contributed by atoms with E-state index in [9.17, 15) is 17.6 Å². The third-order valence-electron chi connectivity index (χ3n) is 3.94. The molecule has 0 bridgehead atoms. The molecular formula is C14H18FNO4S. The summed E-state index contributed by atoms with van der Waals surface area (Å²) < 4.78 is 42.0. The Kier molecular flexibility index (Phi) is 4.08. The highest BCUT2D eigenvalue weighted by atomic mass is 32.2.